The average molecular weight is 238 g/mol. The molecule has 0 spiro atoms. The Bertz CT molecular complexity index is 309. The molecule has 1 aromatic heterocycles. The molecule has 1 unspecified atom stereocenters. The standard InChI is InChI=1S/C9H13F3N2S/c1-6(4-9(10,11)12)14-5-8-7(13)2-3-15-8/h2-3,6,14H,4-5,13H2,1H3. The van der Waals surface area contributed by atoms with Crippen molar-refractivity contribution in [2.24, 2.45) is 0 Å². The Balaban J connectivity index is 2.35. The lowest BCUT2D eigenvalue weighted by molar-refractivity contribution is -0.139. The number of thiophene rings is 1. The molecule has 0 aliphatic heterocycles. The monoisotopic (exact) mass is 238 g/mol. The summed E-state index contributed by atoms with van der Waals surface area (Å²) < 4.78 is 36.0. The highest BCUT2D eigenvalue weighted by atomic mass is 32.1. The second kappa shape index (κ2) is 4.85. The summed E-state index contributed by atoms with van der Waals surface area (Å²) in [6.45, 7) is 1.90. The zero-order valence-electron chi connectivity index (χ0n) is 8.27. The number of nitrogens with two attached hydrogens (primary N) is 1. The minimum absolute atomic E-state index is 0.390. The van der Waals surface area contributed by atoms with E-state index < -0.39 is 18.6 Å². The van der Waals surface area contributed by atoms with Gasteiger partial charge in [0.15, 0.2) is 0 Å². The molecule has 86 valence electrons. The minimum atomic E-state index is -4.12. The van der Waals surface area contributed by atoms with Crippen LogP contribution < -0.4 is 11.1 Å². The Morgan fingerprint density at radius 3 is 2.67 bits per heavy atom. The second-order valence-electron chi connectivity index (χ2n) is 3.40. The highest BCUT2D eigenvalue weighted by Gasteiger charge is 2.29. The predicted molar refractivity (Wildman–Crippen MR) is 55.7 cm³/mol. The SMILES string of the molecule is CC(CC(F)(F)F)NCc1sccc1N. The van der Waals surface area contributed by atoms with E-state index in [1.54, 1.807) is 6.07 Å². The van der Waals surface area contributed by atoms with Gasteiger partial charge >= 0.3 is 6.18 Å². The van der Waals surface area contributed by atoms with E-state index in [-0.39, 0.29) is 0 Å². The summed E-state index contributed by atoms with van der Waals surface area (Å²) >= 11 is 1.44. The second-order valence-corrected chi connectivity index (χ2v) is 4.40. The lowest BCUT2D eigenvalue weighted by Crippen LogP contribution is -2.30. The number of hydrogen-bond donors (Lipinski definition) is 2. The number of nitrogen functional groups attached to an aromatic ring is 1. The lowest BCUT2D eigenvalue weighted by atomic mass is 10.2. The number of rotatable bonds is 4. The number of hydrogen-bond acceptors (Lipinski definition) is 3. The molecule has 2 nitrogen and oxygen atoms in total. The highest BCUT2D eigenvalue weighted by Crippen LogP contribution is 2.22. The highest BCUT2D eigenvalue weighted by molar-refractivity contribution is 7.10. The third-order valence-electron chi connectivity index (χ3n) is 1.93. The van der Waals surface area contributed by atoms with E-state index in [2.05, 4.69) is 5.32 Å². The van der Waals surface area contributed by atoms with Crippen LogP contribution in [0.15, 0.2) is 11.4 Å². The summed E-state index contributed by atoms with van der Waals surface area (Å²) in [7, 11) is 0. The zero-order chi connectivity index (χ0) is 11.5. The van der Waals surface area contributed by atoms with Gasteiger partial charge in [0.25, 0.3) is 0 Å². The summed E-state index contributed by atoms with van der Waals surface area (Å²) in [4.78, 5) is 0.879. The van der Waals surface area contributed by atoms with Crippen molar-refractivity contribution < 1.29 is 13.2 Å². The van der Waals surface area contributed by atoms with Crippen molar-refractivity contribution in [2.75, 3.05) is 5.73 Å². The van der Waals surface area contributed by atoms with E-state index in [1.807, 2.05) is 5.38 Å². The molecule has 0 bridgehead atoms. The molecule has 1 heterocycles. The molecule has 0 amide bonds. The number of nitrogens with one attached hydrogen (secondary N) is 1. The summed E-state index contributed by atoms with van der Waals surface area (Å²) in [6.07, 6.45) is -4.94. The molecule has 6 heteroatoms. The van der Waals surface area contributed by atoms with Crippen molar-refractivity contribution in [1.82, 2.24) is 5.32 Å². The van der Waals surface area contributed by atoms with Crippen LogP contribution in [0.5, 0.6) is 0 Å². The Hall–Kier alpha value is -0.750. The number of anilines is 1. The molecule has 0 radical (unpaired) electrons. The Labute approximate surface area is 90.3 Å². The molecule has 3 N–H and O–H groups in total. The Kier molecular flexibility index (Phi) is 3.98. The van der Waals surface area contributed by atoms with Crippen molar-refractivity contribution >= 4 is 17.0 Å². The van der Waals surface area contributed by atoms with Gasteiger partial charge in [-0.15, -0.1) is 11.3 Å². The van der Waals surface area contributed by atoms with E-state index in [0.29, 0.717) is 12.2 Å². The zero-order valence-corrected chi connectivity index (χ0v) is 9.08. The van der Waals surface area contributed by atoms with Crippen molar-refractivity contribution in [3.8, 4) is 0 Å². The minimum Gasteiger partial charge on any atom is -0.398 e. The number of alkyl halides is 3. The third kappa shape index (κ3) is 4.53. The fourth-order valence-corrected chi connectivity index (χ4v) is 1.93. The molecule has 1 rings (SSSR count). The topological polar surface area (TPSA) is 38.0 Å². The molecule has 1 atom stereocenters. The maximum Gasteiger partial charge on any atom is 0.390 e. The molecule has 0 saturated carbocycles. The fourth-order valence-electron chi connectivity index (χ4n) is 1.18. The molecular weight excluding hydrogens is 225 g/mol. The maximum atomic E-state index is 12.0. The van der Waals surface area contributed by atoms with Gasteiger partial charge < -0.3 is 11.1 Å². The van der Waals surface area contributed by atoms with Crippen LogP contribution in [0.4, 0.5) is 18.9 Å². The molecule has 0 aromatic carbocycles. The smallest absolute Gasteiger partial charge is 0.390 e. The molecule has 0 aliphatic carbocycles. The van der Waals surface area contributed by atoms with Crippen LogP contribution in [-0.2, 0) is 6.54 Å². The van der Waals surface area contributed by atoms with Crippen molar-refractivity contribution in [3.05, 3.63) is 16.3 Å². The normalized spacial score (nSPS) is 14.1. The van der Waals surface area contributed by atoms with Crippen molar-refractivity contribution in [1.29, 1.82) is 0 Å². The number of halogens is 3. The van der Waals surface area contributed by atoms with Crippen molar-refractivity contribution in [3.63, 3.8) is 0 Å². The molecule has 15 heavy (non-hydrogen) atoms. The van der Waals surface area contributed by atoms with Crippen LogP contribution in [0.1, 0.15) is 18.2 Å². The van der Waals surface area contributed by atoms with Gasteiger partial charge in [-0.1, -0.05) is 0 Å². The Morgan fingerprint density at radius 1 is 1.53 bits per heavy atom. The van der Waals surface area contributed by atoms with Crippen LogP contribution in [0.2, 0.25) is 0 Å². The van der Waals surface area contributed by atoms with Crippen LogP contribution in [0.3, 0.4) is 0 Å². The summed E-state index contributed by atoms with van der Waals surface area (Å²) in [5.41, 5.74) is 6.23. The first-order valence-electron chi connectivity index (χ1n) is 4.50. The van der Waals surface area contributed by atoms with E-state index in [1.165, 1.54) is 18.3 Å². The van der Waals surface area contributed by atoms with Gasteiger partial charge in [0.05, 0.1) is 6.42 Å². The molecule has 0 aliphatic rings. The van der Waals surface area contributed by atoms with E-state index in [0.717, 1.165) is 4.88 Å². The lowest BCUT2D eigenvalue weighted by Gasteiger charge is -2.15. The van der Waals surface area contributed by atoms with E-state index in [4.69, 9.17) is 5.73 Å². The molecule has 0 saturated heterocycles. The van der Waals surface area contributed by atoms with Gasteiger partial charge in [0, 0.05) is 23.2 Å². The first-order valence-corrected chi connectivity index (χ1v) is 5.38. The molecular formula is C9H13F3N2S. The van der Waals surface area contributed by atoms with Crippen LogP contribution in [0.25, 0.3) is 0 Å². The van der Waals surface area contributed by atoms with Crippen molar-refractivity contribution in [2.45, 2.75) is 32.1 Å². The van der Waals surface area contributed by atoms with Gasteiger partial charge in [-0.3, -0.25) is 0 Å². The van der Waals surface area contributed by atoms with Crippen LogP contribution in [0, 0.1) is 0 Å². The predicted octanol–water partition coefficient (Wildman–Crippen LogP) is 2.76. The van der Waals surface area contributed by atoms with Gasteiger partial charge in [-0.2, -0.15) is 13.2 Å². The average Bonchev–Trinajstić information content (AvgIpc) is 2.44. The third-order valence-corrected chi connectivity index (χ3v) is 2.87. The first-order chi connectivity index (χ1) is 6.88. The van der Waals surface area contributed by atoms with Gasteiger partial charge in [-0.05, 0) is 18.4 Å². The quantitative estimate of drug-likeness (QED) is 0.846. The molecule has 0 fully saturated rings. The summed E-state index contributed by atoms with van der Waals surface area (Å²) in [6, 6.07) is 1.15. The fraction of sp³-hybridized carbons (Fsp3) is 0.556. The van der Waals surface area contributed by atoms with E-state index in [9.17, 15) is 13.2 Å². The van der Waals surface area contributed by atoms with E-state index >= 15 is 0 Å². The largest absolute Gasteiger partial charge is 0.398 e. The van der Waals surface area contributed by atoms with Crippen LogP contribution in [-0.4, -0.2) is 12.2 Å². The van der Waals surface area contributed by atoms with Crippen LogP contribution >= 0.6 is 11.3 Å². The van der Waals surface area contributed by atoms with Gasteiger partial charge in [-0.25, -0.2) is 0 Å². The van der Waals surface area contributed by atoms with Gasteiger partial charge in [0.2, 0.25) is 0 Å². The first kappa shape index (κ1) is 12.3. The molecule has 1 aromatic rings. The summed E-state index contributed by atoms with van der Waals surface area (Å²) in [5, 5.41) is 4.61. The maximum absolute atomic E-state index is 12.0. The Morgan fingerprint density at radius 2 is 2.20 bits per heavy atom. The summed E-state index contributed by atoms with van der Waals surface area (Å²) in [5.74, 6) is 0. The van der Waals surface area contributed by atoms with Gasteiger partial charge in [0.1, 0.15) is 0 Å².